The lowest BCUT2D eigenvalue weighted by Crippen LogP contribution is -2.43. The minimum atomic E-state index is -3.94. The second kappa shape index (κ2) is 7.97. The van der Waals surface area contributed by atoms with E-state index in [0.29, 0.717) is 35.5 Å². The van der Waals surface area contributed by atoms with Crippen molar-refractivity contribution >= 4 is 33.2 Å². The van der Waals surface area contributed by atoms with E-state index in [1.165, 1.54) is 10.4 Å². The smallest absolute Gasteiger partial charge is 0.262 e. The molecule has 4 rings (SSSR count). The highest BCUT2D eigenvalue weighted by atomic mass is 32.2. The molecule has 1 fully saturated rings. The highest BCUT2D eigenvalue weighted by molar-refractivity contribution is 7.89. The number of nitrogens with zero attached hydrogens (tertiary/aromatic N) is 1. The average molecular weight is 444 g/mol. The number of hydrogen-bond donors (Lipinski definition) is 2. The van der Waals surface area contributed by atoms with E-state index < -0.39 is 16.1 Å². The zero-order chi connectivity index (χ0) is 22.3. The van der Waals surface area contributed by atoms with Crippen LogP contribution in [-0.2, 0) is 19.6 Å². The molecule has 9 heteroatoms. The molecule has 1 unspecified atom stereocenters. The molecule has 8 nitrogen and oxygen atoms in total. The zero-order valence-electron chi connectivity index (χ0n) is 17.7. The van der Waals surface area contributed by atoms with E-state index >= 15 is 0 Å². The maximum absolute atomic E-state index is 13.5. The first-order valence-electron chi connectivity index (χ1n) is 10.1. The standard InChI is InChI=1S/C22H25N3O5S/c1-13-7-14(2)9-16(8-13)23-22(27)18-5-4-6-25(18)31(28,29)20-11-19-17(10-15(20)3)24-21(26)12-30-19/h7-11,18H,4-6,12H2,1-3H3,(H,23,27)(H,24,26). The Balaban J connectivity index is 1.62. The summed E-state index contributed by atoms with van der Waals surface area (Å²) in [5, 5.41) is 5.55. The second-order valence-corrected chi connectivity index (χ2v) is 9.95. The van der Waals surface area contributed by atoms with Crippen molar-refractivity contribution in [2.45, 2.75) is 44.6 Å². The molecule has 31 heavy (non-hydrogen) atoms. The van der Waals surface area contributed by atoms with E-state index in [0.717, 1.165) is 11.1 Å². The van der Waals surface area contributed by atoms with Crippen LogP contribution >= 0.6 is 0 Å². The van der Waals surface area contributed by atoms with Crippen LogP contribution in [0, 0.1) is 20.8 Å². The van der Waals surface area contributed by atoms with Gasteiger partial charge in [0.15, 0.2) is 6.61 Å². The number of hydrogen-bond acceptors (Lipinski definition) is 5. The lowest BCUT2D eigenvalue weighted by atomic mass is 10.1. The second-order valence-electron chi connectivity index (χ2n) is 8.09. The van der Waals surface area contributed by atoms with Crippen LogP contribution in [-0.4, -0.2) is 43.7 Å². The fourth-order valence-corrected chi connectivity index (χ4v) is 6.06. The number of ether oxygens (including phenoxy) is 1. The molecule has 2 aliphatic rings. The van der Waals surface area contributed by atoms with Crippen molar-refractivity contribution in [3.63, 3.8) is 0 Å². The van der Waals surface area contributed by atoms with Gasteiger partial charge >= 0.3 is 0 Å². The molecule has 0 bridgehead atoms. The predicted molar refractivity (Wildman–Crippen MR) is 117 cm³/mol. The van der Waals surface area contributed by atoms with Crippen LogP contribution in [0.1, 0.15) is 29.5 Å². The summed E-state index contributed by atoms with van der Waals surface area (Å²) >= 11 is 0. The van der Waals surface area contributed by atoms with Crippen LogP contribution < -0.4 is 15.4 Å². The molecule has 2 aromatic carbocycles. The minimum absolute atomic E-state index is 0.0773. The summed E-state index contributed by atoms with van der Waals surface area (Å²) < 4.78 is 33.6. The van der Waals surface area contributed by atoms with Crippen molar-refractivity contribution in [3.8, 4) is 5.75 Å². The van der Waals surface area contributed by atoms with Crippen LogP contribution in [0.3, 0.4) is 0 Å². The minimum Gasteiger partial charge on any atom is -0.482 e. The van der Waals surface area contributed by atoms with Crippen molar-refractivity contribution in [3.05, 3.63) is 47.0 Å². The molecule has 1 saturated heterocycles. The van der Waals surface area contributed by atoms with E-state index in [-0.39, 0.29) is 29.9 Å². The van der Waals surface area contributed by atoms with E-state index in [2.05, 4.69) is 10.6 Å². The monoisotopic (exact) mass is 443 g/mol. The van der Waals surface area contributed by atoms with Gasteiger partial charge in [-0.25, -0.2) is 8.42 Å². The summed E-state index contributed by atoms with van der Waals surface area (Å²) in [6.45, 7) is 5.65. The Morgan fingerprint density at radius 1 is 1.13 bits per heavy atom. The predicted octanol–water partition coefficient (Wildman–Crippen LogP) is 2.73. The number of anilines is 2. The van der Waals surface area contributed by atoms with Crippen molar-refractivity contribution in [1.29, 1.82) is 0 Å². The third-order valence-corrected chi connectivity index (χ3v) is 7.54. The fourth-order valence-electron chi connectivity index (χ4n) is 4.18. The Bertz CT molecular complexity index is 1160. The number of carbonyl (C=O) groups is 2. The first-order chi connectivity index (χ1) is 14.6. The van der Waals surface area contributed by atoms with Crippen molar-refractivity contribution in [1.82, 2.24) is 4.31 Å². The Morgan fingerprint density at radius 3 is 2.55 bits per heavy atom. The summed E-state index contributed by atoms with van der Waals surface area (Å²) in [7, 11) is -3.94. The molecule has 2 amide bonds. The van der Waals surface area contributed by atoms with E-state index in [1.54, 1.807) is 13.0 Å². The van der Waals surface area contributed by atoms with E-state index in [4.69, 9.17) is 4.74 Å². The van der Waals surface area contributed by atoms with Gasteiger partial charge in [0.1, 0.15) is 11.8 Å². The Hall–Kier alpha value is -2.91. The van der Waals surface area contributed by atoms with Gasteiger partial charge in [-0.1, -0.05) is 6.07 Å². The van der Waals surface area contributed by atoms with Gasteiger partial charge in [-0.3, -0.25) is 9.59 Å². The van der Waals surface area contributed by atoms with Gasteiger partial charge < -0.3 is 15.4 Å². The summed E-state index contributed by atoms with van der Waals surface area (Å²) in [5.74, 6) is -0.324. The molecule has 2 heterocycles. The van der Waals surface area contributed by atoms with Crippen LogP contribution in [0.4, 0.5) is 11.4 Å². The van der Waals surface area contributed by atoms with Gasteiger partial charge in [0, 0.05) is 18.3 Å². The first-order valence-corrected chi connectivity index (χ1v) is 11.6. The number of aryl methyl sites for hydroxylation is 3. The van der Waals surface area contributed by atoms with Crippen molar-refractivity contribution in [2.24, 2.45) is 0 Å². The van der Waals surface area contributed by atoms with Gasteiger partial charge in [0.05, 0.1) is 10.6 Å². The molecule has 2 N–H and O–H groups in total. The Labute approximate surface area is 181 Å². The molecular weight excluding hydrogens is 418 g/mol. The van der Waals surface area contributed by atoms with Crippen LogP contribution in [0.25, 0.3) is 0 Å². The topological polar surface area (TPSA) is 105 Å². The zero-order valence-corrected chi connectivity index (χ0v) is 18.5. The van der Waals surface area contributed by atoms with Crippen LogP contribution in [0.5, 0.6) is 5.75 Å². The van der Waals surface area contributed by atoms with Gasteiger partial charge in [0.2, 0.25) is 15.9 Å². The van der Waals surface area contributed by atoms with E-state index in [1.807, 2.05) is 32.0 Å². The molecule has 0 saturated carbocycles. The molecule has 0 aromatic heterocycles. The maximum atomic E-state index is 13.5. The lowest BCUT2D eigenvalue weighted by Gasteiger charge is -2.26. The largest absolute Gasteiger partial charge is 0.482 e. The summed E-state index contributed by atoms with van der Waals surface area (Å²) in [4.78, 5) is 24.6. The van der Waals surface area contributed by atoms with Gasteiger partial charge in [0.25, 0.3) is 5.91 Å². The number of fused-ring (bicyclic) bond motifs is 1. The third kappa shape index (κ3) is 4.15. The molecule has 164 valence electrons. The third-order valence-electron chi connectivity index (χ3n) is 5.49. The van der Waals surface area contributed by atoms with Gasteiger partial charge in [-0.2, -0.15) is 4.31 Å². The number of amides is 2. The summed E-state index contributed by atoms with van der Waals surface area (Å²) in [6, 6.07) is 7.94. The van der Waals surface area contributed by atoms with Crippen LogP contribution in [0.2, 0.25) is 0 Å². The SMILES string of the molecule is Cc1cc(C)cc(NC(=O)C2CCCN2S(=O)(=O)c2cc3c(cc2C)NC(=O)CO3)c1. The molecular formula is C22H25N3O5S. The maximum Gasteiger partial charge on any atom is 0.262 e. The van der Waals surface area contributed by atoms with Gasteiger partial charge in [-0.05, 0) is 68.5 Å². The quantitative estimate of drug-likeness (QED) is 0.756. The molecule has 0 spiro atoms. The molecule has 0 radical (unpaired) electrons. The molecule has 0 aliphatic carbocycles. The summed E-state index contributed by atoms with van der Waals surface area (Å²) in [6.07, 6.45) is 1.05. The van der Waals surface area contributed by atoms with Crippen LogP contribution in [0.15, 0.2) is 35.2 Å². The number of carbonyl (C=O) groups excluding carboxylic acids is 2. The summed E-state index contributed by atoms with van der Waals surface area (Å²) in [5.41, 5.74) is 3.61. The normalized spacial score (nSPS) is 18.8. The van der Waals surface area contributed by atoms with Crippen molar-refractivity contribution in [2.75, 3.05) is 23.8 Å². The van der Waals surface area contributed by atoms with E-state index in [9.17, 15) is 18.0 Å². The number of benzene rings is 2. The van der Waals surface area contributed by atoms with Crippen molar-refractivity contribution < 1.29 is 22.7 Å². The molecule has 2 aliphatic heterocycles. The molecule has 2 aromatic rings. The fraction of sp³-hybridized carbons (Fsp3) is 0.364. The lowest BCUT2D eigenvalue weighted by molar-refractivity contribution is -0.119. The molecule has 1 atom stereocenters. The van der Waals surface area contributed by atoms with Gasteiger partial charge in [-0.15, -0.1) is 0 Å². The number of sulfonamides is 1. The Morgan fingerprint density at radius 2 is 1.84 bits per heavy atom. The Kier molecular flexibility index (Phi) is 5.49. The number of rotatable bonds is 4. The number of nitrogens with one attached hydrogen (secondary N) is 2. The highest BCUT2D eigenvalue weighted by Gasteiger charge is 2.40. The first kappa shape index (κ1) is 21.3. The highest BCUT2D eigenvalue weighted by Crippen LogP contribution is 2.36. The average Bonchev–Trinajstić information content (AvgIpc) is 3.17.